The van der Waals surface area contributed by atoms with Crippen LogP contribution >= 0.6 is 22.9 Å². The van der Waals surface area contributed by atoms with E-state index >= 15 is 0 Å². The van der Waals surface area contributed by atoms with Gasteiger partial charge >= 0.3 is 0 Å². The summed E-state index contributed by atoms with van der Waals surface area (Å²) >= 11 is 7.34. The summed E-state index contributed by atoms with van der Waals surface area (Å²) in [4.78, 5) is 32.1. The molecule has 9 heteroatoms. The number of hydrogen-bond donors (Lipinski definition) is 0. The number of pyridine rings is 1. The second-order valence-electron chi connectivity index (χ2n) is 6.28. The van der Waals surface area contributed by atoms with Gasteiger partial charge in [0.15, 0.2) is 5.43 Å². The fourth-order valence-electron chi connectivity index (χ4n) is 3.39. The Bertz CT molecular complexity index is 1300. The van der Waals surface area contributed by atoms with Gasteiger partial charge in [-0.3, -0.25) is 19.5 Å². The van der Waals surface area contributed by atoms with E-state index in [1.54, 1.807) is 49.6 Å². The minimum atomic E-state index is -0.683. The summed E-state index contributed by atoms with van der Waals surface area (Å²) < 4.78 is 5.85. The van der Waals surface area contributed by atoms with Gasteiger partial charge in [0, 0.05) is 17.4 Å². The molecule has 5 rings (SSSR count). The molecule has 4 heterocycles. The van der Waals surface area contributed by atoms with Gasteiger partial charge in [-0.25, -0.2) is 0 Å². The minimum Gasteiger partial charge on any atom is -0.450 e. The van der Waals surface area contributed by atoms with Crippen molar-refractivity contribution in [2.24, 2.45) is 0 Å². The summed E-state index contributed by atoms with van der Waals surface area (Å²) in [6.45, 7) is 1.80. The van der Waals surface area contributed by atoms with Crippen LogP contribution < -0.4 is 10.3 Å². The zero-order chi connectivity index (χ0) is 19.4. The fraction of sp³-hybridized carbons (Fsp3) is 0.105. The highest BCUT2D eigenvalue weighted by molar-refractivity contribution is 7.15. The zero-order valence-corrected chi connectivity index (χ0v) is 16.0. The van der Waals surface area contributed by atoms with Crippen LogP contribution in [0.4, 0.5) is 5.13 Å². The monoisotopic (exact) mass is 410 g/mol. The summed E-state index contributed by atoms with van der Waals surface area (Å²) in [6.07, 6.45) is 3.22. The lowest BCUT2D eigenvalue weighted by atomic mass is 10.00. The number of nitrogens with zero attached hydrogens (tertiary/aromatic N) is 4. The van der Waals surface area contributed by atoms with Crippen LogP contribution in [0.1, 0.15) is 32.7 Å². The van der Waals surface area contributed by atoms with Crippen molar-refractivity contribution in [3.05, 3.63) is 79.9 Å². The molecule has 3 aromatic heterocycles. The first-order valence-electron chi connectivity index (χ1n) is 8.34. The van der Waals surface area contributed by atoms with Crippen molar-refractivity contribution in [1.82, 2.24) is 15.2 Å². The number of benzene rings is 1. The van der Waals surface area contributed by atoms with Crippen molar-refractivity contribution in [3.8, 4) is 0 Å². The molecule has 4 aromatic rings. The Balaban J connectivity index is 1.84. The Labute approximate surface area is 167 Å². The summed E-state index contributed by atoms with van der Waals surface area (Å²) in [5, 5.41) is 9.98. The third kappa shape index (κ3) is 2.45. The molecule has 0 fully saturated rings. The van der Waals surface area contributed by atoms with E-state index in [-0.39, 0.29) is 16.8 Å². The number of fused-ring (bicyclic) bond motifs is 2. The first-order valence-corrected chi connectivity index (χ1v) is 9.54. The summed E-state index contributed by atoms with van der Waals surface area (Å²) in [5.74, 6) is -0.420. The van der Waals surface area contributed by atoms with E-state index in [0.29, 0.717) is 26.1 Å². The number of hydrogen-bond acceptors (Lipinski definition) is 7. The molecule has 0 saturated heterocycles. The van der Waals surface area contributed by atoms with Crippen molar-refractivity contribution in [3.63, 3.8) is 0 Å². The Morgan fingerprint density at radius 2 is 1.93 bits per heavy atom. The SMILES string of the molecule is Cc1nnc(N2C(=O)c3oc4ccc(Cl)cc4c(=O)c3C2c2ccncc2)s1. The van der Waals surface area contributed by atoms with Gasteiger partial charge in [-0.1, -0.05) is 22.9 Å². The maximum Gasteiger partial charge on any atom is 0.297 e. The lowest BCUT2D eigenvalue weighted by molar-refractivity contribution is 0.0970. The summed E-state index contributed by atoms with van der Waals surface area (Å²) in [5.41, 5.74) is 1.00. The number of anilines is 1. The molecule has 0 bridgehead atoms. The molecule has 28 heavy (non-hydrogen) atoms. The van der Waals surface area contributed by atoms with Crippen molar-refractivity contribution >= 4 is 44.9 Å². The molecule has 7 nitrogen and oxygen atoms in total. The smallest absolute Gasteiger partial charge is 0.297 e. The predicted octanol–water partition coefficient (Wildman–Crippen LogP) is 3.75. The van der Waals surface area contributed by atoms with Crippen molar-refractivity contribution < 1.29 is 9.21 Å². The van der Waals surface area contributed by atoms with Crippen molar-refractivity contribution in [2.75, 3.05) is 4.90 Å². The highest BCUT2D eigenvalue weighted by Crippen LogP contribution is 2.41. The van der Waals surface area contributed by atoms with E-state index in [4.69, 9.17) is 16.0 Å². The van der Waals surface area contributed by atoms with Gasteiger partial charge in [-0.15, -0.1) is 10.2 Å². The Morgan fingerprint density at radius 1 is 1.14 bits per heavy atom. The third-order valence-corrected chi connectivity index (χ3v) is 5.65. The lowest BCUT2D eigenvalue weighted by Crippen LogP contribution is -2.29. The molecule has 0 aliphatic carbocycles. The number of carbonyl (C=O) groups excluding carboxylic acids is 1. The molecule has 1 aliphatic rings. The molecule has 0 N–H and O–H groups in total. The number of rotatable bonds is 2. The van der Waals surface area contributed by atoms with E-state index in [1.807, 2.05) is 0 Å². The molecule has 1 aliphatic heterocycles. The fourth-order valence-corrected chi connectivity index (χ4v) is 4.27. The van der Waals surface area contributed by atoms with Gasteiger partial charge in [0.25, 0.3) is 5.91 Å². The van der Waals surface area contributed by atoms with Crippen LogP contribution in [-0.2, 0) is 0 Å². The Hall–Kier alpha value is -3.10. The van der Waals surface area contributed by atoms with E-state index in [0.717, 1.165) is 5.56 Å². The van der Waals surface area contributed by atoms with Crippen LogP contribution in [0.3, 0.4) is 0 Å². The zero-order valence-electron chi connectivity index (χ0n) is 14.4. The average molecular weight is 411 g/mol. The van der Waals surface area contributed by atoms with E-state index in [9.17, 15) is 9.59 Å². The third-order valence-electron chi connectivity index (χ3n) is 4.58. The van der Waals surface area contributed by atoms with Crippen molar-refractivity contribution in [1.29, 1.82) is 0 Å². The number of amides is 1. The van der Waals surface area contributed by atoms with Crippen LogP contribution in [0.2, 0.25) is 5.02 Å². The minimum absolute atomic E-state index is 0.00878. The number of aryl methyl sites for hydroxylation is 1. The molecule has 1 unspecified atom stereocenters. The lowest BCUT2D eigenvalue weighted by Gasteiger charge is -2.21. The first kappa shape index (κ1) is 17.0. The second kappa shape index (κ2) is 6.22. The molecular formula is C19H11ClN4O3S. The van der Waals surface area contributed by atoms with Crippen LogP contribution in [0.25, 0.3) is 11.0 Å². The van der Waals surface area contributed by atoms with Gasteiger partial charge in [0.05, 0.1) is 17.0 Å². The molecule has 138 valence electrons. The molecule has 1 atom stereocenters. The number of halogens is 1. The highest BCUT2D eigenvalue weighted by atomic mass is 35.5. The largest absolute Gasteiger partial charge is 0.450 e. The maximum atomic E-state index is 13.3. The van der Waals surface area contributed by atoms with Gasteiger partial charge in [-0.2, -0.15) is 0 Å². The van der Waals surface area contributed by atoms with Crippen LogP contribution in [0.5, 0.6) is 0 Å². The van der Waals surface area contributed by atoms with Crippen LogP contribution in [-0.4, -0.2) is 21.1 Å². The van der Waals surface area contributed by atoms with Crippen LogP contribution in [0, 0.1) is 6.92 Å². The molecule has 1 amide bonds. The van der Waals surface area contributed by atoms with Gasteiger partial charge in [0.1, 0.15) is 10.6 Å². The predicted molar refractivity (Wildman–Crippen MR) is 105 cm³/mol. The molecule has 0 saturated carbocycles. The normalized spacial score (nSPS) is 16.0. The Morgan fingerprint density at radius 3 is 2.64 bits per heavy atom. The van der Waals surface area contributed by atoms with E-state index in [2.05, 4.69) is 15.2 Å². The van der Waals surface area contributed by atoms with E-state index < -0.39 is 11.9 Å². The van der Waals surface area contributed by atoms with Gasteiger partial charge in [-0.05, 0) is 42.8 Å². The van der Waals surface area contributed by atoms with Crippen molar-refractivity contribution in [2.45, 2.75) is 13.0 Å². The number of aromatic nitrogens is 3. The second-order valence-corrected chi connectivity index (χ2v) is 7.87. The van der Waals surface area contributed by atoms with Crippen LogP contribution in [0.15, 0.2) is 51.9 Å². The van der Waals surface area contributed by atoms with Gasteiger partial charge < -0.3 is 4.42 Å². The molecular weight excluding hydrogens is 400 g/mol. The van der Waals surface area contributed by atoms with Gasteiger partial charge in [0.2, 0.25) is 10.9 Å². The average Bonchev–Trinajstić information content (AvgIpc) is 3.24. The standard InChI is InChI=1S/C19H11ClN4O3S/c1-9-22-23-19(28-9)24-15(10-4-6-21-7-5-10)14-16(25)12-8-11(20)2-3-13(12)27-17(14)18(24)26/h2-8,15H,1H3. The topological polar surface area (TPSA) is 89.2 Å². The van der Waals surface area contributed by atoms with E-state index in [1.165, 1.54) is 16.2 Å². The molecule has 1 aromatic carbocycles. The first-order chi connectivity index (χ1) is 13.5. The quantitative estimate of drug-likeness (QED) is 0.500. The number of carbonyl (C=O) groups is 1. The summed E-state index contributed by atoms with van der Waals surface area (Å²) in [6, 6.07) is 7.59. The highest BCUT2D eigenvalue weighted by Gasteiger charge is 2.45. The Kier molecular flexibility index (Phi) is 3.78. The maximum absolute atomic E-state index is 13.3. The molecule has 0 radical (unpaired) electrons. The molecule has 0 spiro atoms. The summed E-state index contributed by atoms with van der Waals surface area (Å²) in [7, 11) is 0.